The van der Waals surface area contributed by atoms with E-state index in [0.29, 0.717) is 25.4 Å². The first-order valence-corrected chi connectivity index (χ1v) is 9.88. The largest absolute Gasteiger partial charge is 0.465 e. The average Bonchev–Trinajstić information content (AvgIpc) is 2.58. The normalized spacial score (nSPS) is 21.3. The fourth-order valence-electron chi connectivity index (χ4n) is 3.35. The van der Waals surface area contributed by atoms with E-state index in [0.717, 1.165) is 51.4 Å². The molecule has 0 heterocycles. The van der Waals surface area contributed by atoms with Crippen LogP contribution in [0.3, 0.4) is 0 Å². The summed E-state index contributed by atoms with van der Waals surface area (Å²) in [5.74, 6) is -0.0843. The number of carbonyl (C=O) groups is 2. The molecule has 1 aliphatic carbocycles. The Bertz CT molecular complexity index is 379. The summed E-state index contributed by atoms with van der Waals surface area (Å²) in [5, 5.41) is 0. The van der Waals surface area contributed by atoms with Gasteiger partial charge in [-0.15, -0.1) is 0 Å². The molecule has 1 aliphatic rings. The van der Waals surface area contributed by atoms with Crippen molar-refractivity contribution in [3.05, 3.63) is 0 Å². The molecule has 4 heteroatoms. The number of rotatable bonds is 10. The van der Waals surface area contributed by atoms with Crippen molar-refractivity contribution < 1.29 is 19.1 Å². The Morgan fingerprint density at radius 2 is 1.54 bits per heavy atom. The van der Waals surface area contributed by atoms with Crippen molar-refractivity contribution in [2.24, 2.45) is 11.3 Å². The fourth-order valence-corrected chi connectivity index (χ4v) is 3.35. The van der Waals surface area contributed by atoms with Gasteiger partial charge in [0, 0.05) is 0 Å². The number of esters is 2. The quantitative estimate of drug-likeness (QED) is 0.318. The molecule has 0 radical (unpaired) electrons. The van der Waals surface area contributed by atoms with Gasteiger partial charge in [-0.3, -0.25) is 9.59 Å². The van der Waals surface area contributed by atoms with Gasteiger partial charge in [0.15, 0.2) is 5.41 Å². The van der Waals surface area contributed by atoms with Gasteiger partial charge in [0.2, 0.25) is 0 Å². The Morgan fingerprint density at radius 1 is 0.917 bits per heavy atom. The second-order valence-corrected chi connectivity index (χ2v) is 7.27. The maximum atomic E-state index is 12.7. The smallest absolute Gasteiger partial charge is 0.323 e. The zero-order valence-electron chi connectivity index (χ0n) is 16.1. The second-order valence-electron chi connectivity index (χ2n) is 7.27. The van der Waals surface area contributed by atoms with Crippen molar-refractivity contribution in [1.29, 1.82) is 0 Å². The lowest BCUT2D eigenvalue weighted by Crippen LogP contribution is -2.43. The third-order valence-electron chi connectivity index (χ3n) is 5.46. The Labute approximate surface area is 147 Å². The topological polar surface area (TPSA) is 52.6 Å². The predicted molar refractivity (Wildman–Crippen MR) is 95.6 cm³/mol. The minimum absolute atomic E-state index is 0.0384. The van der Waals surface area contributed by atoms with Crippen molar-refractivity contribution >= 4 is 11.9 Å². The maximum absolute atomic E-state index is 12.7. The number of ether oxygens (including phenoxy) is 2. The van der Waals surface area contributed by atoms with Crippen LogP contribution in [0.2, 0.25) is 0 Å². The van der Waals surface area contributed by atoms with E-state index in [2.05, 4.69) is 13.8 Å². The van der Waals surface area contributed by atoms with Crippen molar-refractivity contribution in [2.75, 3.05) is 6.61 Å². The molecule has 24 heavy (non-hydrogen) atoms. The van der Waals surface area contributed by atoms with Crippen LogP contribution < -0.4 is 0 Å². The number of hydrogen-bond acceptors (Lipinski definition) is 4. The summed E-state index contributed by atoms with van der Waals surface area (Å²) in [6, 6.07) is 0. The SMILES string of the molecule is CCCCCCOC(=O)C(CC)(CC)C(=O)OC1CCC(C)CC1. The Morgan fingerprint density at radius 3 is 2.08 bits per heavy atom. The van der Waals surface area contributed by atoms with Crippen LogP contribution in [0, 0.1) is 11.3 Å². The molecule has 0 aromatic carbocycles. The third kappa shape index (κ3) is 5.78. The van der Waals surface area contributed by atoms with Gasteiger partial charge in [-0.05, 0) is 50.9 Å². The monoisotopic (exact) mass is 340 g/mol. The van der Waals surface area contributed by atoms with Crippen LogP contribution in [0.25, 0.3) is 0 Å². The summed E-state index contributed by atoms with van der Waals surface area (Å²) in [6.07, 6.45) is 9.02. The van der Waals surface area contributed by atoms with Gasteiger partial charge in [-0.2, -0.15) is 0 Å². The van der Waals surface area contributed by atoms with Gasteiger partial charge in [0.25, 0.3) is 0 Å². The highest BCUT2D eigenvalue weighted by atomic mass is 16.6. The minimum Gasteiger partial charge on any atom is -0.465 e. The van der Waals surface area contributed by atoms with Crippen LogP contribution in [-0.4, -0.2) is 24.6 Å². The molecule has 0 N–H and O–H groups in total. The molecule has 4 nitrogen and oxygen atoms in total. The Balaban J connectivity index is 2.57. The second kappa shape index (κ2) is 10.7. The summed E-state index contributed by atoms with van der Waals surface area (Å²) in [7, 11) is 0. The lowest BCUT2D eigenvalue weighted by Gasteiger charge is -2.32. The zero-order chi connectivity index (χ0) is 18.0. The van der Waals surface area contributed by atoms with Gasteiger partial charge in [-0.1, -0.05) is 47.0 Å². The van der Waals surface area contributed by atoms with Crippen LogP contribution in [0.5, 0.6) is 0 Å². The molecule has 0 amide bonds. The molecule has 1 saturated carbocycles. The molecule has 1 rings (SSSR count). The summed E-state index contributed by atoms with van der Waals surface area (Å²) in [5.41, 5.74) is -1.13. The van der Waals surface area contributed by atoms with Crippen LogP contribution in [0.1, 0.15) is 91.9 Å². The summed E-state index contributed by atoms with van der Waals surface area (Å²) in [6.45, 7) is 8.51. The van der Waals surface area contributed by atoms with Gasteiger partial charge >= 0.3 is 11.9 Å². The van der Waals surface area contributed by atoms with E-state index in [1.54, 1.807) is 0 Å². The average molecular weight is 341 g/mol. The number of hydrogen-bond donors (Lipinski definition) is 0. The maximum Gasteiger partial charge on any atom is 0.323 e. The first-order valence-electron chi connectivity index (χ1n) is 9.88. The van der Waals surface area contributed by atoms with Gasteiger partial charge < -0.3 is 9.47 Å². The summed E-state index contributed by atoms with van der Waals surface area (Å²) in [4.78, 5) is 25.3. The van der Waals surface area contributed by atoms with E-state index >= 15 is 0 Å². The van der Waals surface area contributed by atoms with Crippen molar-refractivity contribution in [2.45, 2.75) is 98.0 Å². The summed E-state index contributed by atoms with van der Waals surface area (Å²) < 4.78 is 11.1. The first-order chi connectivity index (χ1) is 11.5. The molecule has 0 aromatic rings. The number of carbonyl (C=O) groups excluding carboxylic acids is 2. The lowest BCUT2D eigenvalue weighted by molar-refractivity contribution is -0.177. The van der Waals surface area contributed by atoms with Crippen molar-refractivity contribution in [1.82, 2.24) is 0 Å². The van der Waals surface area contributed by atoms with E-state index in [-0.39, 0.29) is 12.1 Å². The molecule has 140 valence electrons. The Kier molecular flexibility index (Phi) is 9.38. The molecule has 0 unspecified atom stereocenters. The van der Waals surface area contributed by atoms with E-state index in [9.17, 15) is 9.59 Å². The highest BCUT2D eigenvalue weighted by Gasteiger charge is 2.46. The van der Waals surface area contributed by atoms with Crippen LogP contribution in [-0.2, 0) is 19.1 Å². The van der Waals surface area contributed by atoms with E-state index in [4.69, 9.17) is 9.47 Å². The van der Waals surface area contributed by atoms with Crippen LogP contribution in [0.4, 0.5) is 0 Å². The van der Waals surface area contributed by atoms with Crippen LogP contribution in [0.15, 0.2) is 0 Å². The lowest BCUT2D eigenvalue weighted by atomic mass is 9.82. The third-order valence-corrected chi connectivity index (χ3v) is 5.46. The van der Waals surface area contributed by atoms with Gasteiger partial charge in [0.05, 0.1) is 6.61 Å². The van der Waals surface area contributed by atoms with Crippen molar-refractivity contribution in [3.63, 3.8) is 0 Å². The summed E-state index contributed by atoms with van der Waals surface area (Å²) >= 11 is 0. The fraction of sp³-hybridized carbons (Fsp3) is 0.900. The van der Waals surface area contributed by atoms with E-state index < -0.39 is 11.4 Å². The zero-order valence-corrected chi connectivity index (χ0v) is 16.1. The minimum atomic E-state index is -1.13. The van der Waals surface area contributed by atoms with Crippen LogP contribution >= 0.6 is 0 Å². The molecule has 0 atom stereocenters. The van der Waals surface area contributed by atoms with Gasteiger partial charge in [-0.25, -0.2) is 0 Å². The molecule has 0 spiro atoms. The first kappa shape index (κ1) is 21.0. The van der Waals surface area contributed by atoms with E-state index in [1.165, 1.54) is 0 Å². The molecule has 0 aromatic heterocycles. The highest BCUT2D eigenvalue weighted by Crippen LogP contribution is 2.33. The van der Waals surface area contributed by atoms with E-state index in [1.807, 2.05) is 13.8 Å². The molecule has 0 bridgehead atoms. The molecule has 0 aliphatic heterocycles. The molecular weight excluding hydrogens is 304 g/mol. The number of unbranched alkanes of at least 4 members (excludes halogenated alkanes) is 3. The predicted octanol–water partition coefficient (Wildman–Crippen LogP) is 5.04. The molecule has 1 fully saturated rings. The standard InChI is InChI=1S/C20H36O4/c1-5-8-9-10-15-23-18(21)20(6-2,7-3)19(22)24-17-13-11-16(4)12-14-17/h16-17H,5-15H2,1-4H3. The Hall–Kier alpha value is -1.06. The molecule has 0 saturated heterocycles. The van der Waals surface area contributed by atoms with Gasteiger partial charge in [0.1, 0.15) is 6.10 Å². The van der Waals surface area contributed by atoms with Crippen molar-refractivity contribution in [3.8, 4) is 0 Å². The highest BCUT2D eigenvalue weighted by molar-refractivity contribution is 6.00. The molecular formula is C20H36O4.